The molecule has 23 heavy (non-hydrogen) atoms. The highest BCUT2D eigenvalue weighted by Gasteiger charge is 2.18. The molecule has 7 heteroatoms. The molecule has 6 nitrogen and oxygen atoms in total. The van der Waals surface area contributed by atoms with Crippen LogP contribution < -0.4 is 9.47 Å². The number of ketones is 1. The number of Topliss-reactive ketones (excluding diaryl/α,β-unsaturated/α-hetero) is 1. The summed E-state index contributed by atoms with van der Waals surface area (Å²) in [5, 5.41) is 11.2. The Kier molecular flexibility index (Phi) is 5.23. The third-order valence-electron chi connectivity index (χ3n) is 3.14. The Bertz CT molecular complexity index is 760. The Morgan fingerprint density at radius 2 is 1.78 bits per heavy atom. The van der Waals surface area contributed by atoms with Crippen LogP contribution in [0.25, 0.3) is 0 Å². The van der Waals surface area contributed by atoms with Crippen molar-refractivity contribution in [1.29, 1.82) is 0 Å². The molecule has 0 aliphatic carbocycles. The average molecular weight is 333 g/mol. The first-order valence-corrected chi connectivity index (χ1v) is 7.47. The van der Waals surface area contributed by atoms with Crippen molar-refractivity contribution in [2.24, 2.45) is 0 Å². The Balaban J connectivity index is 2.40. The Morgan fingerprint density at radius 3 is 2.35 bits per heavy atom. The highest BCUT2D eigenvalue weighted by atomic mass is 32.2. The van der Waals surface area contributed by atoms with Gasteiger partial charge in [0.2, 0.25) is 0 Å². The van der Waals surface area contributed by atoms with Gasteiger partial charge in [-0.3, -0.25) is 14.9 Å². The van der Waals surface area contributed by atoms with E-state index >= 15 is 0 Å². The van der Waals surface area contributed by atoms with E-state index in [1.807, 2.05) is 0 Å². The van der Waals surface area contributed by atoms with E-state index in [0.29, 0.717) is 22.0 Å². The van der Waals surface area contributed by atoms with Gasteiger partial charge in [-0.05, 0) is 37.3 Å². The molecule has 0 atom stereocenters. The minimum atomic E-state index is -0.491. The van der Waals surface area contributed by atoms with Gasteiger partial charge >= 0.3 is 0 Å². The number of carbonyl (C=O) groups is 1. The normalized spacial score (nSPS) is 10.2. The van der Waals surface area contributed by atoms with Crippen LogP contribution in [0.4, 0.5) is 5.69 Å². The monoisotopic (exact) mass is 333 g/mol. The van der Waals surface area contributed by atoms with Crippen molar-refractivity contribution < 1.29 is 19.2 Å². The molecule has 0 aliphatic rings. The summed E-state index contributed by atoms with van der Waals surface area (Å²) in [7, 11) is 3.06. The standard InChI is InChI=1S/C16H15NO5S/c1-10(18)11-4-7-16(13(8-11)17(19)20)23-12-5-6-14(21-2)15(9-12)22-3/h4-9H,1-3H3. The van der Waals surface area contributed by atoms with Crippen LogP contribution >= 0.6 is 11.8 Å². The van der Waals surface area contributed by atoms with Crippen LogP contribution in [-0.2, 0) is 0 Å². The molecule has 0 amide bonds. The Hall–Kier alpha value is -2.54. The van der Waals surface area contributed by atoms with E-state index in [2.05, 4.69) is 0 Å². The zero-order valence-electron chi connectivity index (χ0n) is 12.9. The number of carbonyl (C=O) groups excluding carboxylic acids is 1. The van der Waals surface area contributed by atoms with Crippen LogP contribution in [0.5, 0.6) is 11.5 Å². The first-order chi connectivity index (χ1) is 11.0. The minimum Gasteiger partial charge on any atom is -0.493 e. The molecule has 0 saturated carbocycles. The third kappa shape index (κ3) is 3.81. The fourth-order valence-electron chi connectivity index (χ4n) is 1.97. The van der Waals surface area contributed by atoms with Gasteiger partial charge in [0.15, 0.2) is 17.3 Å². The van der Waals surface area contributed by atoms with Crippen molar-refractivity contribution in [1.82, 2.24) is 0 Å². The highest BCUT2D eigenvalue weighted by Crippen LogP contribution is 2.39. The summed E-state index contributed by atoms with van der Waals surface area (Å²) in [6.45, 7) is 1.38. The van der Waals surface area contributed by atoms with Crippen LogP contribution in [0.1, 0.15) is 17.3 Å². The summed E-state index contributed by atoms with van der Waals surface area (Å²) in [6, 6.07) is 9.72. The number of hydrogen-bond acceptors (Lipinski definition) is 6. The zero-order chi connectivity index (χ0) is 17.0. The molecular formula is C16H15NO5S. The number of rotatable bonds is 6. The molecule has 0 aliphatic heterocycles. The molecule has 0 aromatic heterocycles. The van der Waals surface area contributed by atoms with Gasteiger partial charge in [-0.1, -0.05) is 11.8 Å². The fraction of sp³-hybridized carbons (Fsp3) is 0.188. The smallest absolute Gasteiger partial charge is 0.283 e. The predicted molar refractivity (Wildman–Crippen MR) is 86.8 cm³/mol. The van der Waals surface area contributed by atoms with Crippen molar-refractivity contribution in [3.63, 3.8) is 0 Å². The van der Waals surface area contributed by atoms with Crippen molar-refractivity contribution in [2.75, 3.05) is 14.2 Å². The van der Waals surface area contributed by atoms with Gasteiger partial charge in [-0.15, -0.1) is 0 Å². The molecule has 0 N–H and O–H groups in total. The number of methoxy groups -OCH3 is 2. The molecule has 120 valence electrons. The second-order valence-corrected chi connectivity index (χ2v) is 5.73. The molecule has 2 aromatic rings. The maximum absolute atomic E-state index is 11.4. The van der Waals surface area contributed by atoms with Crippen LogP contribution in [0, 0.1) is 10.1 Å². The lowest BCUT2D eigenvalue weighted by atomic mass is 10.1. The van der Waals surface area contributed by atoms with Crippen LogP contribution in [0.15, 0.2) is 46.2 Å². The van der Waals surface area contributed by atoms with Gasteiger partial charge in [0, 0.05) is 16.5 Å². The Labute approximate surface area is 137 Å². The summed E-state index contributed by atoms with van der Waals surface area (Å²) in [4.78, 5) is 23.4. The summed E-state index contributed by atoms with van der Waals surface area (Å²) in [5.41, 5.74) is 0.214. The number of benzene rings is 2. The van der Waals surface area contributed by atoms with E-state index in [1.165, 1.54) is 39.0 Å². The van der Waals surface area contributed by atoms with Crippen LogP contribution in [0.2, 0.25) is 0 Å². The number of nitrogens with zero attached hydrogens (tertiary/aromatic N) is 1. The quantitative estimate of drug-likeness (QED) is 0.452. The molecule has 2 rings (SSSR count). The number of hydrogen-bond donors (Lipinski definition) is 0. The molecule has 0 bridgehead atoms. The summed E-state index contributed by atoms with van der Waals surface area (Å²) < 4.78 is 10.4. The summed E-state index contributed by atoms with van der Waals surface area (Å²) in [5.74, 6) is 0.912. The van der Waals surface area contributed by atoms with Gasteiger partial charge in [-0.2, -0.15) is 0 Å². The molecule has 0 fully saturated rings. The minimum absolute atomic E-state index is 0.0996. The molecule has 2 aromatic carbocycles. The predicted octanol–water partition coefficient (Wildman–Crippen LogP) is 3.97. The molecule has 0 spiro atoms. The van der Waals surface area contributed by atoms with Crippen molar-refractivity contribution in [2.45, 2.75) is 16.7 Å². The maximum Gasteiger partial charge on any atom is 0.283 e. The van der Waals surface area contributed by atoms with Gasteiger partial charge in [0.05, 0.1) is 24.0 Å². The van der Waals surface area contributed by atoms with Crippen molar-refractivity contribution >= 4 is 23.2 Å². The van der Waals surface area contributed by atoms with Gasteiger partial charge in [-0.25, -0.2) is 0 Å². The molecule has 0 unspecified atom stereocenters. The third-order valence-corrected chi connectivity index (χ3v) is 4.20. The lowest BCUT2D eigenvalue weighted by Gasteiger charge is -2.09. The first-order valence-electron chi connectivity index (χ1n) is 6.65. The second-order valence-electron chi connectivity index (χ2n) is 4.61. The topological polar surface area (TPSA) is 78.7 Å². The summed E-state index contributed by atoms with van der Waals surface area (Å²) in [6.07, 6.45) is 0. The highest BCUT2D eigenvalue weighted by molar-refractivity contribution is 7.99. The average Bonchev–Trinajstić information content (AvgIpc) is 2.54. The van der Waals surface area contributed by atoms with Crippen molar-refractivity contribution in [3.05, 3.63) is 52.1 Å². The van der Waals surface area contributed by atoms with Crippen LogP contribution in [-0.4, -0.2) is 24.9 Å². The van der Waals surface area contributed by atoms with Gasteiger partial charge < -0.3 is 9.47 Å². The lowest BCUT2D eigenvalue weighted by Crippen LogP contribution is -1.97. The van der Waals surface area contributed by atoms with E-state index < -0.39 is 4.92 Å². The van der Waals surface area contributed by atoms with Crippen LogP contribution in [0.3, 0.4) is 0 Å². The van der Waals surface area contributed by atoms with E-state index in [4.69, 9.17) is 9.47 Å². The molecule has 0 radical (unpaired) electrons. The van der Waals surface area contributed by atoms with E-state index in [9.17, 15) is 14.9 Å². The van der Waals surface area contributed by atoms with E-state index in [0.717, 1.165) is 4.90 Å². The SMILES string of the molecule is COc1ccc(Sc2ccc(C(C)=O)cc2[N+](=O)[O-])cc1OC. The first kappa shape index (κ1) is 16.8. The largest absolute Gasteiger partial charge is 0.493 e. The summed E-state index contributed by atoms with van der Waals surface area (Å²) >= 11 is 1.22. The van der Waals surface area contributed by atoms with Crippen molar-refractivity contribution in [3.8, 4) is 11.5 Å². The lowest BCUT2D eigenvalue weighted by molar-refractivity contribution is -0.387. The number of nitro benzene ring substituents is 1. The molecule has 0 heterocycles. The second kappa shape index (κ2) is 7.15. The fourth-order valence-corrected chi connectivity index (χ4v) is 2.90. The Morgan fingerprint density at radius 1 is 1.09 bits per heavy atom. The molecular weight excluding hydrogens is 318 g/mol. The number of nitro groups is 1. The molecule has 0 saturated heterocycles. The van der Waals surface area contributed by atoms with Gasteiger partial charge in [0.25, 0.3) is 5.69 Å². The number of ether oxygens (including phenoxy) is 2. The zero-order valence-corrected chi connectivity index (χ0v) is 13.7. The van der Waals surface area contributed by atoms with Gasteiger partial charge in [0.1, 0.15) is 0 Å². The van der Waals surface area contributed by atoms with E-state index in [1.54, 1.807) is 30.3 Å². The maximum atomic E-state index is 11.4. The van der Waals surface area contributed by atoms with E-state index in [-0.39, 0.29) is 11.5 Å².